The van der Waals surface area contributed by atoms with Crippen LogP contribution >= 0.6 is 23.5 Å². The Bertz CT molecular complexity index is 1120. The first-order chi connectivity index (χ1) is 14.8. The molecule has 0 radical (unpaired) electrons. The molecule has 0 amide bonds. The molecule has 1 saturated heterocycles. The fraction of sp³-hybridized carbons (Fsp3) is 0.391. The number of nitrogens with zero attached hydrogens (tertiary/aromatic N) is 3. The molecule has 1 fully saturated rings. The number of rotatable bonds is 7. The van der Waals surface area contributed by atoms with E-state index in [-0.39, 0.29) is 12.3 Å². The molecule has 2 unspecified atom stereocenters. The summed E-state index contributed by atoms with van der Waals surface area (Å²) in [6.45, 7) is 5.73. The van der Waals surface area contributed by atoms with E-state index in [1.807, 2.05) is 43.3 Å². The second kappa shape index (κ2) is 9.37. The van der Waals surface area contributed by atoms with Crippen LogP contribution in [0.3, 0.4) is 0 Å². The van der Waals surface area contributed by atoms with Crippen LogP contribution in [0.15, 0.2) is 46.9 Å². The number of fused-ring (bicyclic) bond motifs is 1. The van der Waals surface area contributed by atoms with Crippen LogP contribution in [0.2, 0.25) is 0 Å². The molecule has 1 aliphatic rings. The highest BCUT2D eigenvalue weighted by molar-refractivity contribution is 9.10. The molecular weight excluding hydrogens is 477 g/mol. The monoisotopic (exact) mass is 503 g/mol. The maximum absolute atomic E-state index is 12.4. The number of aromatic nitrogens is 2. The van der Waals surface area contributed by atoms with Crippen molar-refractivity contribution in [3.63, 3.8) is 0 Å². The number of hydrogen-bond acceptors (Lipinski definition) is 5. The molecule has 1 aromatic heterocycles. The van der Waals surface area contributed by atoms with E-state index in [0.717, 1.165) is 45.4 Å². The molecule has 1 N–H and O–H groups in total. The van der Waals surface area contributed by atoms with Crippen molar-refractivity contribution in [1.29, 1.82) is 0 Å². The highest BCUT2D eigenvalue weighted by Crippen LogP contribution is 2.47. The lowest BCUT2D eigenvalue weighted by Gasteiger charge is -2.19. The minimum atomic E-state index is -3.68. The molecule has 0 bridgehead atoms. The van der Waals surface area contributed by atoms with E-state index in [2.05, 4.69) is 26.9 Å². The van der Waals surface area contributed by atoms with Gasteiger partial charge in [-0.05, 0) is 49.9 Å². The number of anilines is 1. The second-order valence-electron chi connectivity index (χ2n) is 8.04. The maximum atomic E-state index is 12.4. The summed E-state index contributed by atoms with van der Waals surface area (Å²) in [5, 5.41) is 1.04. The van der Waals surface area contributed by atoms with E-state index >= 15 is 0 Å². The minimum Gasteiger partial charge on any atom is -0.356 e. The van der Waals surface area contributed by atoms with Crippen molar-refractivity contribution < 1.29 is 14.0 Å². The summed E-state index contributed by atoms with van der Waals surface area (Å²) in [5.74, 6) is 1.62. The van der Waals surface area contributed by atoms with Crippen molar-refractivity contribution >= 4 is 40.2 Å². The Hall–Kier alpha value is -1.79. The maximum Gasteiger partial charge on any atom is 0.332 e. The molecular formula is C23H27BrN3O3P. The number of halogens is 1. The molecule has 6 nitrogen and oxygen atoms in total. The van der Waals surface area contributed by atoms with E-state index in [4.69, 9.17) is 14.5 Å². The van der Waals surface area contributed by atoms with Crippen LogP contribution in [-0.4, -0.2) is 34.1 Å². The van der Waals surface area contributed by atoms with Gasteiger partial charge in [0.2, 0.25) is 0 Å². The summed E-state index contributed by atoms with van der Waals surface area (Å²) < 4.78 is 18.7. The third-order valence-corrected chi connectivity index (χ3v) is 7.50. The zero-order valence-corrected chi connectivity index (χ0v) is 20.3. The molecule has 0 spiro atoms. The van der Waals surface area contributed by atoms with Crippen LogP contribution in [0.25, 0.3) is 22.3 Å². The van der Waals surface area contributed by atoms with E-state index in [1.54, 1.807) is 6.92 Å². The van der Waals surface area contributed by atoms with Gasteiger partial charge in [0.05, 0.1) is 17.8 Å². The molecule has 0 aliphatic carbocycles. The SMILES string of the molecule is CCC(C)OP(=O)(O)Cc1ccc(-c2nc(N3CCCC3)c3cc(Br)ccc3n2)cc1. The molecule has 164 valence electrons. The number of hydrogen-bond donors (Lipinski definition) is 1. The van der Waals surface area contributed by atoms with E-state index in [0.29, 0.717) is 12.2 Å². The van der Waals surface area contributed by atoms with Gasteiger partial charge in [0.15, 0.2) is 5.82 Å². The molecule has 3 aromatic rings. The molecule has 2 aromatic carbocycles. The average Bonchev–Trinajstić information content (AvgIpc) is 3.27. The zero-order chi connectivity index (χ0) is 22.0. The van der Waals surface area contributed by atoms with Crippen LogP contribution in [0.4, 0.5) is 5.82 Å². The Morgan fingerprint density at radius 1 is 1.16 bits per heavy atom. The van der Waals surface area contributed by atoms with Gasteiger partial charge in [-0.1, -0.05) is 47.1 Å². The smallest absolute Gasteiger partial charge is 0.332 e. The first kappa shape index (κ1) is 22.4. The van der Waals surface area contributed by atoms with Crippen molar-refractivity contribution in [2.45, 2.75) is 45.4 Å². The lowest BCUT2D eigenvalue weighted by Crippen LogP contribution is -2.20. The van der Waals surface area contributed by atoms with Crippen molar-refractivity contribution in [2.75, 3.05) is 18.0 Å². The van der Waals surface area contributed by atoms with Gasteiger partial charge in [-0.3, -0.25) is 4.57 Å². The summed E-state index contributed by atoms with van der Waals surface area (Å²) in [6, 6.07) is 13.6. The number of benzene rings is 2. The van der Waals surface area contributed by atoms with Gasteiger partial charge < -0.3 is 14.3 Å². The molecule has 0 saturated carbocycles. The Labute approximate surface area is 191 Å². The van der Waals surface area contributed by atoms with Crippen molar-refractivity contribution in [2.24, 2.45) is 0 Å². The summed E-state index contributed by atoms with van der Waals surface area (Å²) >= 11 is 3.56. The van der Waals surface area contributed by atoms with Gasteiger partial charge in [0.1, 0.15) is 5.82 Å². The molecule has 1 aliphatic heterocycles. The predicted octanol–water partition coefficient (Wildman–Crippen LogP) is 6.16. The lowest BCUT2D eigenvalue weighted by atomic mass is 10.1. The van der Waals surface area contributed by atoms with Gasteiger partial charge in [0, 0.05) is 28.5 Å². The topological polar surface area (TPSA) is 75.6 Å². The van der Waals surface area contributed by atoms with Crippen LogP contribution in [0.1, 0.15) is 38.7 Å². The largest absolute Gasteiger partial charge is 0.356 e. The van der Waals surface area contributed by atoms with Gasteiger partial charge in [-0.15, -0.1) is 0 Å². The Morgan fingerprint density at radius 3 is 2.55 bits per heavy atom. The molecule has 31 heavy (non-hydrogen) atoms. The summed E-state index contributed by atoms with van der Waals surface area (Å²) in [6.07, 6.45) is 2.78. The van der Waals surface area contributed by atoms with Crippen LogP contribution in [0, 0.1) is 0 Å². The second-order valence-corrected chi connectivity index (χ2v) is 10.8. The Morgan fingerprint density at radius 2 is 1.87 bits per heavy atom. The zero-order valence-electron chi connectivity index (χ0n) is 17.8. The van der Waals surface area contributed by atoms with Crippen LogP contribution in [-0.2, 0) is 15.3 Å². The highest BCUT2D eigenvalue weighted by Gasteiger charge is 2.23. The Balaban J connectivity index is 1.64. The Kier molecular flexibility index (Phi) is 6.77. The highest BCUT2D eigenvalue weighted by atomic mass is 79.9. The lowest BCUT2D eigenvalue weighted by molar-refractivity contribution is 0.185. The van der Waals surface area contributed by atoms with Gasteiger partial charge in [0.25, 0.3) is 0 Å². The van der Waals surface area contributed by atoms with Gasteiger partial charge in [-0.2, -0.15) is 0 Å². The van der Waals surface area contributed by atoms with E-state index in [9.17, 15) is 9.46 Å². The van der Waals surface area contributed by atoms with Gasteiger partial charge >= 0.3 is 7.60 Å². The van der Waals surface area contributed by atoms with E-state index < -0.39 is 7.60 Å². The fourth-order valence-electron chi connectivity index (χ4n) is 3.77. The average molecular weight is 504 g/mol. The summed E-state index contributed by atoms with van der Waals surface area (Å²) in [7, 11) is -3.68. The normalized spacial score (nSPS) is 17.1. The third-order valence-electron chi connectivity index (χ3n) is 5.56. The van der Waals surface area contributed by atoms with Crippen molar-refractivity contribution in [1.82, 2.24) is 9.97 Å². The van der Waals surface area contributed by atoms with E-state index in [1.165, 1.54) is 12.8 Å². The molecule has 4 rings (SSSR count). The van der Waals surface area contributed by atoms with Crippen LogP contribution in [0.5, 0.6) is 0 Å². The standard InChI is InChI=1S/C23H27BrN3O3P/c1-3-16(2)30-31(28,29)15-17-6-8-18(9-7-17)22-25-21-11-10-19(24)14-20(21)23(26-22)27-12-4-5-13-27/h6-11,14,16H,3-5,12-13,15H2,1-2H3,(H,28,29). The van der Waals surface area contributed by atoms with Crippen LogP contribution < -0.4 is 4.90 Å². The minimum absolute atomic E-state index is 0.0107. The van der Waals surface area contributed by atoms with Crippen molar-refractivity contribution in [3.8, 4) is 11.4 Å². The first-order valence-corrected chi connectivity index (χ1v) is 13.2. The summed E-state index contributed by atoms with van der Waals surface area (Å²) in [5.41, 5.74) is 2.54. The quantitative estimate of drug-likeness (QED) is 0.389. The fourth-order valence-corrected chi connectivity index (χ4v) is 5.59. The first-order valence-electron chi connectivity index (χ1n) is 10.7. The third kappa shape index (κ3) is 5.35. The predicted molar refractivity (Wildman–Crippen MR) is 128 cm³/mol. The van der Waals surface area contributed by atoms with Gasteiger partial charge in [-0.25, -0.2) is 9.97 Å². The molecule has 8 heteroatoms. The van der Waals surface area contributed by atoms with Crippen molar-refractivity contribution in [3.05, 3.63) is 52.5 Å². The molecule has 2 heterocycles. The summed E-state index contributed by atoms with van der Waals surface area (Å²) in [4.78, 5) is 22.2. The molecule has 2 atom stereocenters.